The van der Waals surface area contributed by atoms with Gasteiger partial charge >= 0.3 is 0 Å². The van der Waals surface area contributed by atoms with Crippen LogP contribution in [0.5, 0.6) is 0 Å². The molecule has 2 aliphatic rings. The molecule has 0 spiro atoms. The summed E-state index contributed by atoms with van der Waals surface area (Å²) in [4.78, 5) is 12.0. The van der Waals surface area contributed by atoms with E-state index in [0.29, 0.717) is 12.3 Å². The molecule has 0 radical (unpaired) electrons. The van der Waals surface area contributed by atoms with Gasteiger partial charge in [0.1, 0.15) is 0 Å². The molecule has 3 N–H and O–H groups in total. The number of carbonyl (C=O) groups excluding carboxylic acids is 1. The van der Waals surface area contributed by atoms with Crippen LogP contribution in [0.4, 0.5) is 0 Å². The van der Waals surface area contributed by atoms with Crippen LogP contribution in [0.2, 0.25) is 0 Å². The van der Waals surface area contributed by atoms with Crippen LogP contribution in [0.3, 0.4) is 0 Å². The van der Waals surface area contributed by atoms with E-state index in [4.69, 9.17) is 0 Å². The SMILES string of the molecule is CC1CCNC1C(=O)NC1CCCC(O)C1. The van der Waals surface area contributed by atoms with Gasteiger partial charge in [-0.05, 0) is 44.6 Å². The summed E-state index contributed by atoms with van der Waals surface area (Å²) in [7, 11) is 0. The van der Waals surface area contributed by atoms with E-state index in [0.717, 1.165) is 32.2 Å². The topological polar surface area (TPSA) is 61.4 Å². The predicted molar refractivity (Wildman–Crippen MR) is 62.0 cm³/mol. The fourth-order valence-electron chi connectivity index (χ4n) is 2.77. The second-order valence-corrected chi connectivity index (χ2v) is 5.22. The number of aliphatic hydroxyl groups is 1. The van der Waals surface area contributed by atoms with Gasteiger partial charge in [0.05, 0.1) is 12.1 Å². The molecule has 16 heavy (non-hydrogen) atoms. The average molecular weight is 226 g/mol. The molecule has 0 aromatic carbocycles. The Morgan fingerprint density at radius 2 is 2.19 bits per heavy atom. The lowest BCUT2D eigenvalue weighted by Crippen LogP contribution is -2.48. The van der Waals surface area contributed by atoms with Crippen molar-refractivity contribution in [2.75, 3.05) is 6.54 Å². The Balaban J connectivity index is 1.82. The third kappa shape index (κ3) is 2.74. The van der Waals surface area contributed by atoms with Gasteiger partial charge in [0, 0.05) is 6.04 Å². The number of carbonyl (C=O) groups is 1. The maximum Gasteiger partial charge on any atom is 0.237 e. The number of nitrogens with one attached hydrogen (secondary N) is 2. The molecule has 2 fully saturated rings. The largest absolute Gasteiger partial charge is 0.393 e. The Bertz CT molecular complexity index is 257. The molecule has 1 heterocycles. The van der Waals surface area contributed by atoms with Crippen molar-refractivity contribution < 1.29 is 9.90 Å². The second kappa shape index (κ2) is 5.15. The Hall–Kier alpha value is -0.610. The molecule has 92 valence electrons. The number of hydrogen-bond acceptors (Lipinski definition) is 3. The van der Waals surface area contributed by atoms with Gasteiger partial charge in [-0.15, -0.1) is 0 Å². The van der Waals surface area contributed by atoms with E-state index < -0.39 is 0 Å². The normalized spacial score (nSPS) is 39.6. The van der Waals surface area contributed by atoms with E-state index >= 15 is 0 Å². The highest BCUT2D eigenvalue weighted by Crippen LogP contribution is 2.20. The van der Waals surface area contributed by atoms with E-state index in [9.17, 15) is 9.90 Å². The molecule has 1 aliphatic carbocycles. The quantitative estimate of drug-likeness (QED) is 0.639. The molecule has 4 nitrogen and oxygen atoms in total. The minimum Gasteiger partial charge on any atom is -0.393 e. The Morgan fingerprint density at radius 1 is 1.38 bits per heavy atom. The molecule has 0 aromatic rings. The fraction of sp³-hybridized carbons (Fsp3) is 0.917. The van der Waals surface area contributed by atoms with E-state index in [1.54, 1.807) is 0 Å². The molecule has 2 rings (SSSR count). The first-order chi connectivity index (χ1) is 7.66. The van der Waals surface area contributed by atoms with Crippen LogP contribution in [0.25, 0.3) is 0 Å². The van der Waals surface area contributed by atoms with Crippen LogP contribution < -0.4 is 10.6 Å². The van der Waals surface area contributed by atoms with Crippen molar-refractivity contribution in [2.45, 2.75) is 57.2 Å². The highest BCUT2D eigenvalue weighted by molar-refractivity contribution is 5.82. The summed E-state index contributed by atoms with van der Waals surface area (Å²) in [5.74, 6) is 0.539. The van der Waals surface area contributed by atoms with Crippen molar-refractivity contribution >= 4 is 5.91 Å². The van der Waals surface area contributed by atoms with Crippen molar-refractivity contribution in [3.8, 4) is 0 Å². The first-order valence-electron chi connectivity index (χ1n) is 6.38. The van der Waals surface area contributed by atoms with Gasteiger partial charge in [-0.2, -0.15) is 0 Å². The predicted octanol–water partition coefficient (Wildman–Crippen LogP) is 0.404. The lowest BCUT2D eigenvalue weighted by atomic mass is 9.92. The summed E-state index contributed by atoms with van der Waals surface area (Å²) >= 11 is 0. The molecule has 4 heteroatoms. The van der Waals surface area contributed by atoms with Crippen LogP contribution in [0.1, 0.15) is 39.0 Å². The van der Waals surface area contributed by atoms with Crippen LogP contribution in [-0.4, -0.2) is 35.7 Å². The maximum absolute atomic E-state index is 12.0. The van der Waals surface area contributed by atoms with Gasteiger partial charge < -0.3 is 15.7 Å². The van der Waals surface area contributed by atoms with Gasteiger partial charge in [-0.25, -0.2) is 0 Å². The van der Waals surface area contributed by atoms with Crippen LogP contribution in [0, 0.1) is 5.92 Å². The van der Waals surface area contributed by atoms with E-state index in [1.165, 1.54) is 0 Å². The molecular weight excluding hydrogens is 204 g/mol. The smallest absolute Gasteiger partial charge is 0.237 e. The standard InChI is InChI=1S/C12H22N2O2/c1-8-5-6-13-11(8)12(16)14-9-3-2-4-10(15)7-9/h8-11,13,15H,2-7H2,1H3,(H,14,16). The molecule has 4 unspecified atom stereocenters. The van der Waals surface area contributed by atoms with E-state index in [2.05, 4.69) is 17.6 Å². The minimum atomic E-state index is -0.229. The monoisotopic (exact) mass is 226 g/mol. The van der Waals surface area contributed by atoms with Gasteiger partial charge in [0.25, 0.3) is 0 Å². The molecule has 1 aliphatic heterocycles. The summed E-state index contributed by atoms with van der Waals surface area (Å²) in [5, 5.41) is 15.8. The fourth-order valence-corrected chi connectivity index (χ4v) is 2.77. The Labute approximate surface area is 96.8 Å². The van der Waals surface area contributed by atoms with Crippen molar-refractivity contribution in [3.05, 3.63) is 0 Å². The highest BCUT2D eigenvalue weighted by atomic mass is 16.3. The molecule has 1 saturated carbocycles. The lowest BCUT2D eigenvalue weighted by molar-refractivity contribution is -0.124. The highest BCUT2D eigenvalue weighted by Gasteiger charge is 2.31. The third-order valence-electron chi connectivity index (χ3n) is 3.81. The first kappa shape index (κ1) is 11.9. The second-order valence-electron chi connectivity index (χ2n) is 5.22. The molecule has 0 bridgehead atoms. The summed E-state index contributed by atoms with van der Waals surface area (Å²) in [6.45, 7) is 3.05. The summed E-state index contributed by atoms with van der Waals surface area (Å²) < 4.78 is 0. The Morgan fingerprint density at radius 3 is 2.81 bits per heavy atom. The minimum absolute atomic E-state index is 0.0286. The summed E-state index contributed by atoms with van der Waals surface area (Å²) in [5.41, 5.74) is 0. The van der Waals surface area contributed by atoms with Crippen molar-refractivity contribution in [1.29, 1.82) is 0 Å². The van der Waals surface area contributed by atoms with E-state index in [-0.39, 0.29) is 24.1 Å². The van der Waals surface area contributed by atoms with Gasteiger partial charge in [-0.1, -0.05) is 6.92 Å². The van der Waals surface area contributed by atoms with Crippen molar-refractivity contribution in [2.24, 2.45) is 5.92 Å². The number of amides is 1. The molecule has 1 saturated heterocycles. The lowest BCUT2D eigenvalue weighted by Gasteiger charge is -2.28. The van der Waals surface area contributed by atoms with Gasteiger partial charge in [-0.3, -0.25) is 4.79 Å². The van der Waals surface area contributed by atoms with Gasteiger partial charge in [0.15, 0.2) is 0 Å². The number of rotatable bonds is 2. The Kier molecular flexibility index (Phi) is 3.82. The third-order valence-corrected chi connectivity index (χ3v) is 3.81. The molecule has 4 atom stereocenters. The van der Waals surface area contributed by atoms with Crippen LogP contribution in [-0.2, 0) is 4.79 Å². The summed E-state index contributed by atoms with van der Waals surface area (Å²) in [6.07, 6.45) is 4.46. The van der Waals surface area contributed by atoms with Gasteiger partial charge in [0.2, 0.25) is 5.91 Å². The van der Waals surface area contributed by atoms with E-state index in [1.807, 2.05) is 0 Å². The van der Waals surface area contributed by atoms with Crippen LogP contribution >= 0.6 is 0 Å². The zero-order chi connectivity index (χ0) is 11.5. The molecular formula is C12H22N2O2. The molecule has 1 amide bonds. The van der Waals surface area contributed by atoms with Crippen LogP contribution in [0.15, 0.2) is 0 Å². The molecule has 0 aromatic heterocycles. The maximum atomic E-state index is 12.0. The zero-order valence-corrected chi connectivity index (χ0v) is 9.91. The van der Waals surface area contributed by atoms with Crippen molar-refractivity contribution in [3.63, 3.8) is 0 Å². The zero-order valence-electron chi connectivity index (χ0n) is 9.91. The number of aliphatic hydroxyl groups excluding tert-OH is 1. The summed E-state index contributed by atoms with van der Waals surface area (Å²) in [6, 6.07) is 0.143. The number of hydrogen-bond donors (Lipinski definition) is 3. The van der Waals surface area contributed by atoms with Crippen molar-refractivity contribution in [1.82, 2.24) is 10.6 Å². The first-order valence-corrected chi connectivity index (χ1v) is 6.38. The average Bonchev–Trinajstić information content (AvgIpc) is 2.64.